The number of pyridine rings is 1. The van der Waals surface area contributed by atoms with Crippen molar-refractivity contribution in [3.8, 4) is 0 Å². The monoisotopic (exact) mass is 541 g/mol. The number of nitrogen functional groups attached to an aromatic ring is 1. The van der Waals surface area contributed by atoms with Gasteiger partial charge < -0.3 is 30.2 Å². The number of nitrogens with zero attached hydrogens (tertiary/aromatic N) is 3. The number of nitrogens with two attached hydrogens (primary N) is 1. The van der Waals surface area contributed by atoms with Crippen molar-refractivity contribution in [3.05, 3.63) is 63.9 Å². The number of aromatic nitrogens is 1. The molecule has 3 aromatic rings. The maximum Gasteiger partial charge on any atom is 0.410 e. The van der Waals surface area contributed by atoms with Crippen LogP contribution in [0.15, 0.2) is 41.3 Å². The highest BCUT2D eigenvalue weighted by atomic mass is 19.1. The second kappa shape index (κ2) is 10.5. The number of aryl methyl sites for hydroxylation is 1. The van der Waals surface area contributed by atoms with Crippen molar-refractivity contribution < 1.29 is 23.1 Å². The summed E-state index contributed by atoms with van der Waals surface area (Å²) in [7, 11) is 0. The van der Waals surface area contributed by atoms with Crippen molar-refractivity contribution in [3.63, 3.8) is 0 Å². The van der Waals surface area contributed by atoms with E-state index in [0.717, 1.165) is 6.07 Å². The van der Waals surface area contributed by atoms with Crippen molar-refractivity contribution in [2.45, 2.75) is 52.8 Å². The van der Waals surface area contributed by atoms with Crippen LogP contribution >= 0.6 is 0 Å². The van der Waals surface area contributed by atoms with E-state index in [0.29, 0.717) is 11.4 Å². The number of para-hydroxylation sites is 2. The van der Waals surface area contributed by atoms with Gasteiger partial charge in [0, 0.05) is 38.4 Å². The Balaban J connectivity index is 1.70. The molecule has 3 N–H and O–H groups in total. The zero-order chi connectivity index (χ0) is 28.6. The summed E-state index contributed by atoms with van der Waals surface area (Å²) >= 11 is 0. The summed E-state index contributed by atoms with van der Waals surface area (Å²) in [5, 5.41) is 2.35. The molecule has 0 saturated carbocycles. The van der Waals surface area contributed by atoms with Crippen molar-refractivity contribution in [1.29, 1.82) is 0 Å². The van der Waals surface area contributed by atoms with Gasteiger partial charge in [-0.2, -0.15) is 0 Å². The van der Waals surface area contributed by atoms with Gasteiger partial charge in [0.05, 0.1) is 22.3 Å². The molecule has 0 aliphatic carbocycles. The molecule has 2 amide bonds. The van der Waals surface area contributed by atoms with Crippen LogP contribution in [-0.4, -0.2) is 52.7 Å². The fourth-order valence-electron chi connectivity index (χ4n) is 4.73. The first-order valence-electron chi connectivity index (χ1n) is 12.8. The Hall–Kier alpha value is -4.15. The van der Waals surface area contributed by atoms with Gasteiger partial charge in [-0.3, -0.25) is 9.59 Å². The minimum absolute atomic E-state index is 0.100. The van der Waals surface area contributed by atoms with Crippen molar-refractivity contribution in [2.24, 2.45) is 0 Å². The second-order valence-electron chi connectivity index (χ2n) is 10.6. The van der Waals surface area contributed by atoms with E-state index in [1.165, 1.54) is 20.6 Å². The normalized spacial score (nSPS) is 15.9. The van der Waals surface area contributed by atoms with Crippen LogP contribution in [0.3, 0.4) is 0 Å². The molecule has 11 heteroatoms. The SMILES string of the molecule is CCn1cc(C(=O)Nc2ccccc2N)c(=O)c2cc(F)c(N3CCN(C(=O)OC(C)(C)C)C(C)C3)c(F)c21. The first-order valence-corrected chi connectivity index (χ1v) is 12.8. The predicted octanol–water partition coefficient (Wildman–Crippen LogP) is 4.58. The molecular formula is C28H33F2N5O4. The Bertz CT molecular complexity index is 1500. The topological polar surface area (TPSA) is 110 Å². The summed E-state index contributed by atoms with van der Waals surface area (Å²) in [6.07, 6.45) is 0.782. The average Bonchev–Trinajstić information content (AvgIpc) is 2.85. The number of carbonyl (C=O) groups is 2. The Labute approximate surface area is 225 Å². The average molecular weight is 542 g/mol. The van der Waals surface area contributed by atoms with Gasteiger partial charge >= 0.3 is 6.09 Å². The van der Waals surface area contributed by atoms with Crippen LogP contribution in [0.4, 0.5) is 30.6 Å². The highest BCUT2D eigenvalue weighted by Crippen LogP contribution is 2.32. The third-order valence-electron chi connectivity index (χ3n) is 6.60. The molecule has 9 nitrogen and oxygen atoms in total. The fourth-order valence-corrected chi connectivity index (χ4v) is 4.73. The smallest absolute Gasteiger partial charge is 0.410 e. The lowest BCUT2D eigenvalue weighted by Crippen LogP contribution is -2.55. The molecule has 0 bridgehead atoms. The van der Waals surface area contributed by atoms with Crippen LogP contribution in [0.25, 0.3) is 10.9 Å². The summed E-state index contributed by atoms with van der Waals surface area (Å²) in [6, 6.07) is 7.15. The zero-order valence-corrected chi connectivity index (χ0v) is 22.7. The molecular weight excluding hydrogens is 508 g/mol. The highest BCUT2D eigenvalue weighted by Gasteiger charge is 2.34. The lowest BCUT2D eigenvalue weighted by molar-refractivity contribution is 0.0158. The quantitative estimate of drug-likeness (QED) is 0.468. The Kier molecular flexibility index (Phi) is 7.54. The zero-order valence-electron chi connectivity index (χ0n) is 22.7. The Morgan fingerprint density at radius 2 is 1.87 bits per heavy atom. The molecule has 39 heavy (non-hydrogen) atoms. The molecule has 2 aromatic carbocycles. The molecule has 208 valence electrons. The van der Waals surface area contributed by atoms with Gasteiger partial charge in [-0.25, -0.2) is 13.6 Å². The summed E-state index contributed by atoms with van der Waals surface area (Å²) in [5.41, 5.74) is 4.40. The standard InChI is InChI=1S/C28H33F2N5O4/c1-6-33-15-18(26(37)32-21-10-8-7-9-20(21)31)25(36)17-13-19(29)24(22(30)23(17)33)34-11-12-35(16(2)14-34)27(38)39-28(3,4)5/h7-10,13,15-16H,6,11-12,14,31H2,1-5H3,(H,32,37). The number of benzene rings is 2. The molecule has 1 fully saturated rings. The van der Waals surface area contributed by atoms with Crippen molar-refractivity contribution >= 4 is 40.0 Å². The summed E-state index contributed by atoms with van der Waals surface area (Å²) in [4.78, 5) is 41.9. The van der Waals surface area contributed by atoms with E-state index in [4.69, 9.17) is 10.5 Å². The van der Waals surface area contributed by atoms with E-state index >= 15 is 8.78 Å². The molecule has 0 radical (unpaired) electrons. The first kappa shape index (κ1) is 27.9. The molecule has 1 aromatic heterocycles. The third kappa shape index (κ3) is 5.52. The number of amides is 2. The maximum absolute atomic E-state index is 16.0. The number of carbonyl (C=O) groups excluding carboxylic acids is 2. The van der Waals surface area contributed by atoms with E-state index in [1.54, 1.807) is 58.9 Å². The van der Waals surface area contributed by atoms with Gasteiger partial charge in [0.1, 0.15) is 22.7 Å². The van der Waals surface area contributed by atoms with Crippen LogP contribution in [0.2, 0.25) is 0 Å². The molecule has 1 saturated heterocycles. The predicted molar refractivity (Wildman–Crippen MR) is 147 cm³/mol. The molecule has 1 aliphatic rings. The number of piperazine rings is 1. The Morgan fingerprint density at radius 1 is 1.18 bits per heavy atom. The van der Waals surface area contributed by atoms with E-state index in [9.17, 15) is 14.4 Å². The number of nitrogens with one attached hydrogen (secondary N) is 1. The van der Waals surface area contributed by atoms with Gasteiger partial charge in [0.2, 0.25) is 5.43 Å². The highest BCUT2D eigenvalue weighted by molar-refractivity contribution is 6.07. The third-order valence-corrected chi connectivity index (χ3v) is 6.60. The second-order valence-corrected chi connectivity index (χ2v) is 10.6. The van der Waals surface area contributed by atoms with E-state index in [-0.39, 0.29) is 54.4 Å². The van der Waals surface area contributed by atoms with Crippen LogP contribution in [0, 0.1) is 11.6 Å². The van der Waals surface area contributed by atoms with Gasteiger partial charge in [-0.15, -0.1) is 0 Å². The van der Waals surface area contributed by atoms with Crippen molar-refractivity contribution in [2.75, 3.05) is 35.6 Å². The van der Waals surface area contributed by atoms with E-state index in [2.05, 4.69) is 5.32 Å². The number of hydrogen-bond donors (Lipinski definition) is 2. The van der Waals surface area contributed by atoms with Gasteiger partial charge in [0.25, 0.3) is 5.91 Å². The summed E-state index contributed by atoms with van der Waals surface area (Å²) in [6.45, 7) is 9.56. The van der Waals surface area contributed by atoms with Crippen molar-refractivity contribution in [1.82, 2.24) is 9.47 Å². The van der Waals surface area contributed by atoms with Gasteiger partial charge in [0.15, 0.2) is 5.82 Å². The minimum Gasteiger partial charge on any atom is -0.444 e. The maximum atomic E-state index is 16.0. The number of ether oxygens (including phenoxy) is 1. The number of fused-ring (bicyclic) bond motifs is 1. The van der Waals surface area contributed by atoms with Crippen LogP contribution in [0.1, 0.15) is 45.0 Å². The fraction of sp³-hybridized carbons (Fsp3) is 0.393. The number of anilines is 3. The molecule has 2 heterocycles. The summed E-state index contributed by atoms with van der Waals surface area (Å²) < 4.78 is 38.4. The molecule has 4 rings (SSSR count). The number of hydrogen-bond acceptors (Lipinski definition) is 6. The minimum atomic E-state index is -0.928. The molecule has 1 atom stereocenters. The summed E-state index contributed by atoms with van der Waals surface area (Å²) in [5.74, 6) is -2.57. The van der Waals surface area contributed by atoms with Crippen LogP contribution in [-0.2, 0) is 11.3 Å². The van der Waals surface area contributed by atoms with Gasteiger partial charge in [-0.1, -0.05) is 12.1 Å². The molecule has 0 spiro atoms. The Morgan fingerprint density at radius 3 is 2.49 bits per heavy atom. The van der Waals surface area contributed by atoms with Gasteiger partial charge in [-0.05, 0) is 52.8 Å². The lowest BCUT2D eigenvalue weighted by atomic mass is 10.1. The van der Waals surface area contributed by atoms with E-state index < -0.39 is 34.7 Å². The largest absolute Gasteiger partial charge is 0.444 e. The molecule has 1 unspecified atom stereocenters. The van der Waals surface area contributed by atoms with E-state index in [1.807, 2.05) is 0 Å². The first-order chi connectivity index (χ1) is 18.3. The number of halogens is 2. The number of rotatable bonds is 4. The molecule has 1 aliphatic heterocycles. The van der Waals surface area contributed by atoms with Crippen LogP contribution in [0.5, 0.6) is 0 Å². The van der Waals surface area contributed by atoms with Crippen LogP contribution < -0.4 is 21.4 Å². The lowest BCUT2D eigenvalue weighted by Gasteiger charge is -2.41.